The van der Waals surface area contributed by atoms with Gasteiger partial charge in [0.25, 0.3) is 0 Å². The summed E-state index contributed by atoms with van der Waals surface area (Å²) in [6.07, 6.45) is 30.0. The molecule has 0 rings (SSSR count). The van der Waals surface area contributed by atoms with E-state index in [4.69, 9.17) is 5.73 Å². The van der Waals surface area contributed by atoms with Gasteiger partial charge < -0.3 is 5.73 Å². The highest BCUT2D eigenvalue weighted by molar-refractivity contribution is 4.97. The molecule has 1 unspecified atom stereocenters. The highest BCUT2D eigenvalue weighted by Crippen LogP contribution is 2.36. The molecule has 0 heterocycles. The molecule has 0 aliphatic carbocycles. The van der Waals surface area contributed by atoms with E-state index < -0.39 is 0 Å². The van der Waals surface area contributed by atoms with Crippen molar-refractivity contribution >= 4 is 0 Å². The second-order valence-electron chi connectivity index (χ2n) is 9.24. The second kappa shape index (κ2) is 20.0. The molecular weight excluding hydrogens is 338 g/mol. The van der Waals surface area contributed by atoms with Crippen molar-refractivity contribution in [2.75, 3.05) is 0 Å². The van der Waals surface area contributed by atoms with Crippen LogP contribution in [-0.2, 0) is 0 Å². The predicted molar refractivity (Wildman–Crippen MR) is 130 cm³/mol. The average Bonchev–Trinajstić information content (AvgIpc) is 2.73. The number of unbranched alkanes of at least 4 members (excludes halogenated alkanes) is 16. The number of hydrogen-bond donors (Lipinski definition) is 1. The fourth-order valence-corrected chi connectivity index (χ4v) is 4.69. The van der Waals surface area contributed by atoms with Gasteiger partial charge in [-0.3, -0.25) is 0 Å². The van der Waals surface area contributed by atoms with E-state index in [1.807, 2.05) is 6.08 Å². The van der Waals surface area contributed by atoms with Crippen LogP contribution in [0.3, 0.4) is 0 Å². The van der Waals surface area contributed by atoms with Gasteiger partial charge in [0.05, 0.1) is 0 Å². The summed E-state index contributed by atoms with van der Waals surface area (Å²) in [4.78, 5) is 0. The Hall–Kier alpha value is -0.300. The lowest BCUT2D eigenvalue weighted by atomic mass is 9.72. The molecule has 0 aliphatic heterocycles. The molecule has 0 saturated heterocycles. The summed E-state index contributed by atoms with van der Waals surface area (Å²) in [6.45, 7) is 10.8. The van der Waals surface area contributed by atoms with E-state index in [2.05, 4.69) is 27.4 Å². The molecule has 1 heteroatoms. The molecule has 0 fully saturated rings. The highest BCUT2D eigenvalue weighted by Gasteiger charge is 2.30. The highest BCUT2D eigenvalue weighted by atomic mass is 14.7. The van der Waals surface area contributed by atoms with Crippen molar-refractivity contribution in [2.45, 2.75) is 155 Å². The zero-order chi connectivity index (χ0) is 20.9. The van der Waals surface area contributed by atoms with Gasteiger partial charge in [0.1, 0.15) is 0 Å². The maximum Gasteiger partial charge on any atom is 0.0278 e. The Balaban J connectivity index is 3.39. The van der Waals surface area contributed by atoms with Crippen LogP contribution >= 0.6 is 0 Å². The Morgan fingerprint density at radius 2 is 0.929 bits per heavy atom. The van der Waals surface area contributed by atoms with Gasteiger partial charge in [-0.15, -0.1) is 6.58 Å². The van der Waals surface area contributed by atoms with E-state index in [-0.39, 0.29) is 11.5 Å². The Morgan fingerprint density at radius 1 is 0.607 bits per heavy atom. The fraction of sp³-hybridized carbons (Fsp3) is 0.926. The SMILES string of the molecule is C=CC(N)C(CC)(CC)CCCCCCCCCCCCCCCCCCC. The molecule has 0 spiro atoms. The van der Waals surface area contributed by atoms with E-state index in [1.165, 1.54) is 128 Å². The molecular formula is C27H55N. The topological polar surface area (TPSA) is 26.0 Å². The van der Waals surface area contributed by atoms with Crippen LogP contribution in [0.5, 0.6) is 0 Å². The second-order valence-corrected chi connectivity index (χ2v) is 9.24. The summed E-state index contributed by atoms with van der Waals surface area (Å²) in [7, 11) is 0. The van der Waals surface area contributed by atoms with Gasteiger partial charge in [0.2, 0.25) is 0 Å². The average molecular weight is 394 g/mol. The van der Waals surface area contributed by atoms with Gasteiger partial charge >= 0.3 is 0 Å². The largest absolute Gasteiger partial charge is 0.324 e. The minimum absolute atomic E-state index is 0.156. The Labute approximate surface area is 179 Å². The molecule has 2 N–H and O–H groups in total. The van der Waals surface area contributed by atoms with Crippen molar-refractivity contribution in [1.29, 1.82) is 0 Å². The quantitative estimate of drug-likeness (QED) is 0.144. The van der Waals surface area contributed by atoms with E-state index in [0.717, 1.165) is 0 Å². The smallest absolute Gasteiger partial charge is 0.0278 e. The van der Waals surface area contributed by atoms with Crippen molar-refractivity contribution in [3.63, 3.8) is 0 Å². The van der Waals surface area contributed by atoms with Gasteiger partial charge in [-0.1, -0.05) is 136 Å². The van der Waals surface area contributed by atoms with Crippen LogP contribution in [0.25, 0.3) is 0 Å². The van der Waals surface area contributed by atoms with Crippen molar-refractivity contribution < 1.29 is 0 Å². The normalized spacial score (nSPS) is 13.0. The summed E-state index contributed by atoms with van der Waals surface area (Å²) in [6, 6.07) is 0.156. The summed E-state index contributed by atoms with van der Waals surface area (Å²) < 4.78 is 0. The van der Waals surface area contributed by atoms with Gasteiger partial charge in [-0.25, -0.2) is 0 Å². The first-order valence-electron chi connectivity index (χ1n) is 13.0. The molecule has 1 nitrogen and oxygen atoms in total. The maximum absolute atomic E-state index is 6.33. The van der Waals surface area contributed by atoms with Crippen molar-refractivity contribution in [3.05, 3.63) is 12.7 Å². The molecule has 0 aromatic rings. The van der Waals surface area contributed by atoms with Crippen LogP contribution < -0.4 is 5.73 Å². The summed E-state index contributed by atoms with van der Waals surface area (Å²) in [5, 5.41) is 0. The van der Waals surface area contributed by atoms with E-state index in [9.17, 15) is 0 Å². The lowest BCUT2D eigenvalue weighted by molar-refractivity contribution is 0.203. The molecule has 168 valence electrons. The van der Waals surface area contributed by atoms with Crippen LogP contribution in [0, 0.1) is 5.41 Å². The maximum atomic E-state index is 6.33. The minimum atomic E-state index is 0.156. The molecule has 0 radical (unpaired) electrons. The van der Waals surface area contributed by atoms with Crippen LogP contribution in [-0.4, -0.2) is 6.04 Å². The van der Waals surface area contributed by atoms with Gasteiger partial charge in [0, 0.05) is 6.04 Å². The van der Waals surface area contributed by atoms with Gasteiger partial charge in [0.15, 0.2) is 0 Å². The van der Waals surface area contributed by atoms with E-state index in [1.54, 1.807) is 0 Å². The number of nitrogens with two attached hydrogens (primary N) is 1. The zero-order valence-electron chi connectivity index (χ0n) is 20.1. The molecule has 28 heavy (non-hydrogen) atoms. The first-order valence-corrected chi connectivity index (χ1v) is 13.0. The molecule has 0 aromatic carbocycles. The third kappa shape index (κ3) is 13.8. The van der Waals surface area contributed by atoms with Crippen LogP contribution in [0.2, 0.25) is 0 Å². The Bertz CT molecular complexity index is 318. The standard InChI is InChI=1S/C27H55N/c1-5-9-10-11-12-13-14-15-16-17-18-19-20-21-22-23-24-25-27(7-3,8-4)26(28)6-2/h6,26H,2,5,7-25,28H2,1,3-4H3. The van der Waals surface area contributed by atoms with Crippen molar-refractivity contribution in [2.24, 2.45) is 11.1 Å². The molecule has 0 bridgehead atoms. The molecule has 0 amide bonds. The third-order valence-electron chi connectivity index (χ3n) is 7.15. The lowest BCUT2D eigenvalue weighted by Gasteiger charge is -2.36. The van der Waals surface area contributed by atoms with E-state index >= 15 is 0 Å². The van der Waals surface area contributed by atoms with Crippen molar-refractivity contribution in [3.8, 4) is 0 Å². The number of rotatable bonds is 22. The zero-order valence-corrected chi connectivity index (χ0v) is 20.1. The first-order chi connectivity index (χ1) is 13.7. The van der Waals surface area contributed by atoms with Gasteiger partial charge in [-0.05, 0) is 24.7 Å². The predicted octanol–water partition coefficient (Wildman–Crippen LogP) is 9.35. The van der Waals surface area contributed by atoms with Crippen molar-refractivity contribution in [1.82, 2.24) is 0 Å². The minimum Gasteiger partial charge on any atom is -0.324 e. The van der Waals surface area contributed by atoms with Crippen LogP contribution in [0.15, 0.2) is 12.7 Å². The molecule has 1 atom stereocenters. The Morgan fingerprint density at radius 3 is 1.21 bits per heavy atom. The number of hydrogen-bond acceptors (Lipinski definition) is 1. The summed E-state index contributed by atoms with van der Waals surface area (Å²) in [5.74, 6) is 0. The van der Waals surface area contributed by atoms with Gasteiger partial charge in [-0.2, -0.15) is 0 Å². The Kier molecular flexibility index (Phi) is 19.8. The molecule has 0 aliphatic rings. The summed E-state index contributed by atoms with van der Waals surface area (Å²) >= 11 is 0. The van der Waals surface area contributed by atoms with Crippen LogP contribution in [0.4, 0.5) is 0 Å². The fourth-order valence-electron chi connectivity index (χ4n) is 4.69. The monoisotopic (exact) mass is 393 g/mol. The third-order valence-corrected chi connectivity index (χ3v) is 7.15. The lowest BCUT2D eigenvalue weighted by Crippen LogP contribution is -2.39. The van der Waals surface area contributed by atoms with E-state index in [0.29, 0.717) is 0 Å². The molecule has 0 saturated carbocycles. The first kappa shape index (κ1) is 27.7. The summed E-state index contributed by atoms with van der Waals surface area (Å²) in [5.41, 5.74) is 6.62. The molecule has 0 aromatic heterocycles. The van der Waals surface area contributed by atoms with Crippen LogP contribution in [0.1, 0.15) is 149 Å².